The number of sulfone groups is 1. The highest BCUT2D eigenvalue weighted by atomic mass is 32.2. The summed E-state index contributed by atoms with van der Waals surface area (Å²) in [5.41, 5.74) is 1.78. The van der Waals surface area contributed by atoms with Gasteiger partial charge in [0.2, 0.25) is 5.91 Å². The molecule has 0 spiro atoms. The molecule has 2 aromatic rings. The summed E-state index contributed by atoms with van der Waals surface area (Å²) in [5, 5.41) is 2.25. The molecule has 1 saturated heterocycles. The lowest BCUT2D eigenvalue weighted by Crippen LogP contribution is -2.27. The van der Waals surface area contributed by atoms with E-state index >= 15 is 0 Å². The van der Waals surface area contributed by atoms with E-state index < -0.39 is 9.84 Å². The van der Waals surface area contributed by atoms with Crippen molar-refractivity contribution in [1.82, 2.24) is 10.2 Å². The first-order valence-corrected chi connectivity index (χ1v) is 12.2. The van der Waals surface area contributed by atoms with Gasteiger partial charge < -0.3 is 9.64 Å². The molecule has 0 atom stereocenters. The minimum atomic E-state index is -3.44. The van der Waals surface area contributed by atoms with Crippen LogP contribution in [0.15, 0.2) is 53.4 Å². The number of nitrogens with one attached hydrogen (secondary N) is 1. The van der Waals surface area contributed by atoms with Gasteiger partial charge in [-0.2, -0.15) is 0 Å². The maximum Gasteiger partial charge on any atom is 0.324 e. The first-order chi connectivity index (χ1) is 14.9. The molecule has 2 aromatic carbocycles. The summed E-state index contributed by atoms with van der Waals surface area (Å²) < 4.78 is 31.6. The van der Waals surface area contributed by atoms with Gasteiger partial charge in [0, 0.05) is 6.54 Å². The maximum absolute atomic E-state index is 12.8. The first-order valence-electron chi connectivity index (χ1n) is 10.6. The van der Waals surface area contributed by atoms with Crippen LogP contribution < -0.4 is 10.1 Å². The van der Waals surface area contributed by atoms with Gasteiger partial charge in [-0.3, -0.25) is 10.1 Å². The van der Waals surface area contributed by atoms with Gasteiger partial charge in [-0.25, -0.2) is 13.2 Å². The Kier molecular flexibility index (Phi) is 6.27. The van der Waals surface area contributed by atoms with Crippen molar-refractivity contribution < 1.29 is 22.7 Å². The van der Waals surface area contributed by atoms with Crippen LogP contribution in [0.5, 0.6) is 5.75 Å². The predicted molar refractivity (Wildman–Crippen MR) is 115 cm³/mol. The van der Waals surface area contributed by atoms with E-state index in [1.165, 1.54) is 4.90 Å². The molecule has 1 aliphatic heterocycles. The van der Waals surface area contributed by atoms with Crippen molar-refractivity contribution >= 4 is 21.8 Å². The molecule has 0 unspecified atom stereocenters. The zero-order valence-corrected chi connectivity index (χ0v) is 18.1. The summed E-state index contributed by atoms with van der Waals surface area (Å²) >= 11 is 0. The summed E-state index contributed by atoms with van der Waals surface area (Å²) in [4.78, 5) is 24.6. The Labute approximate surface area is 182 Å². The quantitative estimate of drug-likeness (QED) is 0.634. The van der Waals surface area contributed by atoms with Crippen molar-refractivity contribution in [3.05, 3.63) is 59.7 Å². The number of urea groups is 1. The highest BCUT2D eigenvalue weighted by Crippen LogP contribution is 2.26. The van der Waals surface area contributed by atoms with Gasteiger partial charge in [0.15, 0.2) is 9.84 Å². The number of hydrogen-bond acceptors (Lipinski definition) is 5. The number of carbonyl (C=O) groups excluding carboxylic acids is 2. The van der Waals surface area contributed by atoms with Gasteiger partial charge in [-0.1, -0.05) is 30.3 Å². The summed E-state index contributed by atoms with van der Waals surface area (Å²) in [6.45, 7) is 0.395. The molecule has 1 heterocycles. The fraction of sp³-hybridized carbons (Fsp3) is 0.391. The lowest BCUT2D eigenvalue weighted by atomic mass is 10.1. The van der Waals surface area contributed by atoms with Gasteiger partial charge in [0.25, 0.3) is 0 Å². The summed E-state index contributed by atoms with van der Waals surface area (Å²) in [5.74, 6) is 0.314. The number of hydrogen-bond donors (Lipinski definition) is 1. The second kappa shape index (κ2) is 9.09. The minimum absolute atomic E-state index is 0.00224. The third-order valence-corrected chi connectivity index (χ3v) is 7.41. The number of benzene rings is 2. The van der Waals surface area contributed by atoms with Gasteiger partial charge in [0.1, 0.15) is 12.3 Å². The van der Waals surface area contributed by atoms with Crippen LogP contribution in [0.25, 0.3) is 0 Å². The zero-order valence-electron chi connectivity index (χ0n) is 17.2. The molecule has 0 aromatic heterocycles. The number of rotatable bonds is 8. The Balaban J connectivity index is 1.34. The van der Waals surface area contributed by atoms with Crippen LogP contribution in [0.2, 0.25) is 0 Å². The highest BCUT2D eigenvalue weighted by molar-refractivity contribution is 7.91. The normalized spacial score (nSPS) is 17.2. The smallest absolute Gasteiger partial charge is 0.324 e. The first kappa shape index (κ1) is 21.4. The van der Waals surface area contributed by atoms with Crippen molar-refractivity contribution in [3.8, 4) is 5.75 Å². The molecule has 7 nitrogen and oxygen atoms in total. The molecule has 4 rings (SSSR count). The van der Waals surface area contributed by atoms with Crippen molar-refractivity contribution in [3.63, 3.8) is 0 Å². The summed E-state index contributed by atoms with van der Waals surface area (Å²) in [7, 11) is -3.44. The fourth-order valence-electron chi connectivity index (χ4n) is 3.95. The molecule has 2 fully saturated rings. The SMILES string of the molecule is O=C1CN(Cc2ccc(CCS(=O)(=O)c3cccc(OC4CCCC4)c3)cc2)C(=O)N1. The molecule has 3 amide bonds. The second-order valence-corrected chi connectivity index (χ2v) is 10.2. The number of amides is 3. The summed E-state index contributed by atoms with van der Waals surface area (Å²) in [6.07, 6.45) is 4.92. The van der Waals surface area contributed by atoms with Gasteiger partial charge in [-0.15, -0.1) is 0 Å². The monoisotopic (exact) mass is 442 g/mol. The maximum atomic E-state index is 12.8. The van der Waals surface area contributed by atoms with Crippen molar-refractivity contribution in [2.45, 2.75) is 49.6 Å². The van der Waals surface area contributed by atoms with E-state index in [2.05, 4.69) is 5.32 Å². The van der Waals surface area contributed by atoms with Crippen LogP contribution in [0.4, 0.5) is 4.79 Å². The third-order valence-electron chi connectivity index (χ3n) is 5.69. The highest BCUT2D eigenvalue weighted by Gasteiger charge is 2.26. The van der Waals surface area contributed by atoms with Crippen molar-refractivity contribution in [2.24, 2.45) is 0 Å². The Hall–Kier alpha value is -2.87. The van der Waals surface area contributed by atoms with Crippen LogP contribution in [-0.4, -0.2) is 43.7 Å². The Morgan fingerprint density at radius 3 is 2.39 bits per heavy atom. The molecule has 31 heavy (non-hydrogen) atoms. The average Bonchev–Trinajstić information content (AvgIpc) is 3.37. The number of aryl methyl sites for hydroxylation is 1. The summed E-state index contributed by atoms with van der Waals surface area (Å²) in [6, 6.07) is 13.8. The zero-order chi connectivity index (χ0) is 21.8. The molecule has 164 valence electrons. The van der Waals surface area contributed by atoms with Crippen LogP contribution in [-0.2, 0) is 27.6 Å². The Bertz CT molecular complexity index is 1060. The lowest BCUT2D eigenvalue weighted by Gasteiger charge is -2.14. The van der Waals surface area contributed by atoms with E-state index in [0.717, 1.165) is 36.8 Å². The second-order valence-electron chi connectivity index (χ2n) is 8.09. The molecule has 0 radical (unpaired) electrons. The fourth-order valence-corrected chi connectivity index (χ4v) is 5.27. The van der Waals surface area contributed by atoms with E-state index in [9.17, 15) is 18.0 Å². The van der Waals surface area contributed by atoms with E-state index in [0.29, 0.717) is 18.7 Å². The third kappa shape index (κ3) is 5.44. The van der Waals surface area contributed by atoms with Crippen LogP contribution in [0, 0.1) is 0 Å². The molecule has 1 saturated carbocycles. The molecule has 2 aliphatic rings. The van der Waals surface area contributed by atoms with E-state index in [-0.39, 0.29) is 35.2 Å². The largest absolute Gasteiger partial charge is 0.490 e. The van der Waals surface area contributed by atoms with Crippen LogP contribution in [0.1, 0.15) is 36.8 Å². The standard InChI is InChI=1S/C23H26N2O5S/c26-22-16-25(23(27)24-22)15-18-10-8-17(9-11-18)12-13-31(28,29)21-7-3-6-20(14-21)30-19-4-1-2-5-19/h3,6-11,14,19H,1-2,4-5,12-13,15-16H2,(H,24,26,27). The van der Waals surface area contributed by atoms with Crippen molar-refractivity contribution in [1.29, 1.82) is 0 Å². The Morgan fingerprint density at radius 1 is 1.00 bits per heavy atom. The molecular formula is C23H26N2O5S. The molecular weight excluding hydrogens is 416 g/mol. The lowest BCUT2D eigenvalue weighted by molar-refractivity contribution is -0.118. The van der Waals surface area contributed by atoms with E-state index in [1.54, 1.807) is 18.2 Å². The predicted octanol–water partition coefficient (Wildman–Crippen LogP) is 3.08. The number of ether oxygens (including phenoxy) is 1. The average molecular weight is 443 g/mol. The Morgan fingerprint density at radius 2 is 1.71 bits per heavy atom. The van der Waals surface area contributed by atoms with E-state index in [1.807, 2.05) is 30.3 Å². The van der Waals surface area contributed by atoms with Crippen LogP contribution in [0.3, 0.4) is 0 Å². The molecule has 0 bridgehead atoms. The number of nitrogens with zero attached hydrogens (tertiary/aromatic N) is 1. The number of imide groups is 1. The minimum Gasteiger partial charge on any atom is -0.490 e. The van der Waals surface area contributed by atoms with E-state index in [4.69, 9.17) is 4.74 Å². The molecule has 1 aliphatic carbocycles. The van der Waals surface area contributed by atoms with Crippen LogP contribution >= 0.6 is 0 Å². The molecule has 8 heteroatoms. The topological polar surface area (TPSA) is 92.8 Å². The van der Waals surface area contributed by atoms with Gasteiger partial charge >= 0.3 is 6.03 Å². The van der Waals surface area contributed by atoms with Crippen molar-refractivity contribution in [2.75, 3.05) is 12.3 Å². The van der Waals surface area contributed by atoms with Gasteiger partial charge in [-0.05, 0) is 61.4 Å². The molecule has 1 N–H and O–H groups in total. The van der Waals surface area contributed by atoms with Gasteiger partial charge in [0.05, 0.1) is 16.8 Å². The number of carbonyl (C=O) groups is 2.